The summed E-state index contributed by atoms with van der Waals surface area (Å²) in [4.78, 5) is 92.5. The summed E-state index contributed by atoms with van der Waals surface area (Å²) >= 11 is 0. The monoisotopic (exact) mass is 781 g/mol. The number of carboxylic acids is 1. The number of hydrogen-bond donors (Lipinski definition) is 6. The van der Waals surface area contributed by atoms with Crippen molar-refractivity contribution < 1.29 is 43.4 Å². The highest BCUT2D eigenvalue weighted by molar-refractivity contribution is 6.38. The Balaban J connectivity index is 1.34. The van der Waals surface area contributed by atoms with Gasteiger partial charge in [0.2, 0.25) is 29.4 Å². The number of ether oxygens (including phenoxy) is 1. The van der Waals surface area contributed by atoms with Crippen LogP contribution in [0, 0.1) is 5.92 Å². The molecular weight excluding hydrogens is 730 g/mol. The molecule has 302 valence electrons. The number of carbonyl (C=O) groups is 7. The van der Waals surface area contributed by atoms with Crippen molar-refractivity contribution in [2.75, 3.05) is 6.54 Å². The highest BCUT2D eigenvalue weighted by atomic mass is 16.5. The van der Waals surface area contributed by atoms with Crippen LogP contribution in [0.4, 0.5) is 0 Å². The number of rotatable bonds is 12. The molecule has 0 unspecified atom stereocenters. The van der Waals surface area contributed by atoms with Crippen LogP contribution in [0.2, 0.25) is 0 Å². The van der Waals surface area contributed by atoms with Gasteiger partial charge in [0.05, 0.1) is 12.6 Å². The molecule has 3 aromatic carbocycles. The molecule has 6 rings (SSSR count). The van der Waals surface area contributed by atoms with E-state index in [2.05, 4.69) is 26.6 Å². The molecule has 3 aliphatic rings. The van der Waals surface area contributed by atoms with Gasteiger partial charge in [0, 0.05) is 12.8 Å². The van der Waals surface area contributed by atoms with Gasteiger partial charge in [0.1, 0.15) is 23.6 Å². The molecule has 2 aliphatic heterocycles. The molecule has 0 radical (unpaired) electrons. The zero-order chi connectivity index (χ0) is 40.7. The molecule has 0 aromatic heterocycles. The first-order valence-corrected chi connectivity index (χ1v) is 19.7. The molecule has 5 amide bonds. The number of amides is 5. The second-order valence-electron chi connectivity index (χ2n) is 14.6. The largest absolute Gasteiger partial charge is 0.479 e. The molecule has 2 heterocycles. The van der Waals surface area contributed by atoms with Crippen molar-refractivity contribution >= 4 is 41.3 Å². The molecule has 57 heavy (non-hydrogen) atoms. The Kier molecular flexibility index (Phi) is 15.3. The number of fused-ring (bicyclic) bond motifs is 11. The van der Waals surface area contributed by atoms with E-state index in [-0.39, 0.29) is 31.1 Å². The third-order valence-electron chi connectivity index (χ3n) is 10.2. The Morgan fingerprint density at radius 1 is 0.807 bits per heavy atom. The lowest BCUT2D eigenvalue weighted by Gasteiger charge is -2.31. The van der Waals surface area contributed by atoms with Gasteiger partial charge in [0.25, 0.3) is 5.91 Å². The summed E-state index contributed by atoms with van der Waals surface area (Å²) in [5, 5.41) is 22.7. The Hall–Kier alpha value is -6.05. The van der Waals surface area contributed by atoms with Crippen molar-refractivity contribution in [3.8, 4) is 11.5 Å². The summed E-state index contributed by atoms with van der Waals surface area (Å²) in [7, 11) is 0. The van der Waals surface area contributed by atoms with Crippen LogP contribution in [0.3, 0.4) is 0 Å². The van der Waals surface area contributed by atoms with Gasteiger partial charge in [-0.05, 0) is 79.0 Å². The topological polar surface area (TPSA) is 209 Å². The molecule has 0 spiro atoms. The number of hydrogen-bond acceptors (Lipinski definition) is 8. The quantitative estimate of drug-likeness (QED) is 0.148. The van der Waals surface area contributed by atoms with E-state index in [1.54, 1.807) is 49.4 Å². The molecule has 1 aliphatic carbocycles. The number of Topliss-reactive ketones (excluding diaryl/α,β-unsaturated/α-hetero) is 1. The smallest absolute Gasteiger partial charge is 0.330 e. The van der Waals surface area contributed by atoms with Crippen LogP contribution < -0.4 is 31.3 Å². The summed E-state index contributed by atoms with van der Waals surface area (Å²) in [6, 6.07) is 17.9. The normalized spacial score (nSPS) is 18.9. The predicted octanol–water partition coefficient (Wildman–Crippen LogP) is 3.82. The van der Waals surface area contributed by atoms with Crippen LogP contribution in [0.1, 0.15) is 87.4 Å². The van der Waals surface area contributed by atoms with E-state index >= 15 is 0 Å². The van der Waals surface area contributed by atoms with E-state index in [0.717, 1.165) is 37.7 Å². The molecule has 3 aromatic rings. The minimum absolute atomic E-state index is 0.00932. The number of carbonyl (C=O) groups excluding carboxylic acids is 6. The number of carboxylic acid groups (broad SMARTS) is 1. The van der Waals surface area contributed by atoms with Gasteiger partial charge in [0.15, 0.2) is 6.04 Å². The fourth-order valence-electron chi connectivity index (χ4n) is 7.25. The van der Waals surface area contributed by atoms with E-state index in [4.69, 9.17) is 4.74 Å². The van der Waals surface area contributed by atoms with Crippen LogP contribution in [0.5, 0.6) is 11.5 Å². The zero-order valence-corrected chi connectivity index (χ0v) is 32.1. The Labute approximate surface area is 331 Å². The third kappa shape index (κ3) is 12.5. The fraction of sp³-hybridized carbons (Fsp3) is 0.419. The summed E-state index contributed by atoms with van der Waals surface area (Å²) in [6.45, 7) is 1.08. The minimum Gasteiger partial charge on any atom is -0.479 e. The Morgan fingerprint density at radius 3 is 2.25 bits per heavy atom. The van der Waals surface area contributed by atoms with Gasteiger partial charge < -0.3 is 36.4 Å². The van der Waals surface area contributed by atoms with Crippen LogP contribution in [-0.2, 0) is 46.4 Å². The van der Waals surface area contributed by atoms with E-state index in [1.165, 1.54) is 12.1 Å². The second kappa shape index (κ2) is 20.7. The average Bonchev–Trinajstić information content (AvgIpc) is 3.21. The number of ketones is 1. The lowest BCUT2D eigenvalue weighted by molar-refractivity contribution is -0.142. The maximum atomic E-state index is 14.1. The number of nitrogens with one attached hydrogen (secondary N) is 5. The van der Waals surface area contributed by atoms with Crippen LogP contribution in [0.25, 0.3) is 0 Å². The van der Waals surface area contributed by atoms with Crippen LogP contribution in [-0.4, -0.2) is 71.1 Å². The van der Waals surface area contributed by atoms with Crippen LogP contribution in [0.15, 0.2) is 78.9 Å². The minimum atomic E-state index is -1.38. The maximum Gasteiger partial charge on any atom is 0.330 e. The summed E-state index contributed by atoms with van der Waals surface area (Å²) < 4.78 is 6.10. The zero-order valence-electron chi connectivity index (χ0n) is 32.1. The van der Waals surface area contributed by atoms with Gasteiger partial charge in [-0.15, -0.1) is 0 Å². The van der Waals surface area contributed by atoms with Crippen molar-refractivity contribution in [1.29, 1.82) is 0 Å². The van der Waals surface area contributed by atoms with Gasteiger partial charge in [-0.3, -0.25) is 28.8 Å². The summed E-state index contributed by atoms with van der Waals surface area (Å²) in [5.74, 6) is -4.84. The van der Waals surface area contributed by atoms with Gasteiger partial charge in [-0.2, -0.15) is 0 Å². The molecule has 1 fully saturated rings. The summed E-state index contributed by atoms with van der Waals surface area (Å²) in [5.41, 5.74) is 2.01. The highest BCUT2D eigenvalue weighted by Crippen LogP contribution is 2.28. The fourth-order valence-corrected chi connectivity index (χ4v) is 7.25. The van der Waals surface area contributed by atoms with E-state index in [0.29, 0.717) is 41.9 Å². The van der Waals surface area contributed by atoms with Gasteiger partial charge >= 0.3 is 5.97 Å². The van der Waals surface area contributed by atoms with Crippen molar-refractivity contribution in [3.63, 3.8) is 0 Å². The maximum absolute atomic E-state index is 14.1. The van der Waals surface area contributed by atoms with Gasteiger partial charge in [-0.1, -0.05) is 87.2 Å². The molecule has 6 N–H and O–H groups in total. The standard InChI is InChI=1S/C43H51N5O9/c1-2-11-33(39(51)42(54)44-26-36(50)48-38(43(55)56)30-16-7-4-8-17-30)45-40(52)34-25-28-13-9-18-32(24-28)57-31-22-20-27(21-23-31)12-10-19-35(49)47-37(41(53)46-34)29-14-5-3-6-15-29/h4,7-9,13,16-18,20-24,29,33-34,37-38H,2-3,5-6,10-12,14-15,19,25-26H2,1H3,(H,44,54)(H,45,52)(H,46,53)(H,47,49)(H,48,50)(H,55,56)/t33-,34-,37-,38-/m0/s1. The van der Waals surface area contributed by atoms with Crippen molar-refractivity contribution in [2.24, 2.45) is 5.92 Å². The Bertz CT molecular complexity index is 1900. The molecule has 1 saturated carbocycles. The van der Waals surface area contributed by atoms with Crippen molar-refractivity contribution in [1.82, 2.24) is 26.6 Å². The first-order valence-electron chi connectivity index (χ1n) is 19.7. The lowest BCUT2D eigenvalue weighted by atomic mass is 9.83. The SMILES string of the molecule is CCC[C@H](NC(=O)[C@@H]1Cc2cccc(c2)Oc2ccc(cc2)CCCC(=O)N[C@@H](C2CCCCC2)C(=O)N1)C(=O)C(=O)NCC(=O)N[C@H](C(=O)O)c1ccccc1. The number of aryl methyl sites for hydroxylation is 1. The number of aliphatic carboxylic acids is 1. The van der Waals surface area contributed by atoms with Crippen molar-refractivity contribution in [2.45, 2.75) is 102 Å². The molecular formula is C43H51N5O9. The molecule has 0 saturated heterocycles. The van der Waals surface area contributed by atoms with Crippen molar-refractivity contribution in [3.05, 3.63) is 95.6 Å². The first kappa shape index (κ1) is 42.1. The third-order valence-corrected chi connectivity index (χ3v) is 10.2. The van der Waals surface area contributed by atoms with Gasteiger partial charge in [-0.25, -0.2) is 4.79 Å². The van der Waals surface area contributed by atoms with Crippen LogP contribution >= 0.6 is 0 Å². The summed E-state index contributed by atoms with van der Waals surface area (Å²) in [6.07, 6.45) is 6.23. The molecule has 14 heteroatoms. The average molecular weight is 782 g/mol. The molecule has 4 atom stereocenters. The predicted molar refractivity (Wildman–Crippen MR) is 210 cm³/mol. The highest BCUT2D eigenvalue weighted by Gasteiger charge is 2.35. The van der Waals surface area contributed by atoms with E-state index < -0.39 is 66.1 Å². The molecule has 14 nitrogen and oxygen atoms in total. The van der Waals surface area contributed by atoms with E-state index in [1.807, 2.05) is 24.3 Å². The first-order chi connectivity index (χ1) is 27.5. The molecule has 4 bridgehead atoms. The Morgan fingerprint density at radius 2 is 1.54 bits per heavy atom. The second-order valence-corrected chi connectivity index (χ2v) is 14.6. The lowest BCUT2D eigenvalue weighted by Crippen LogP contribution is -2.59. The number of benzene rings is 3. The van der Waals surface area contributed by atoms with E-state index in [9.17, 15) is 38.7 Å².